The highest BCUT2D eigenvalue weighted by atomic mass is 16.6. The molecule has 0 atom stereocenters. The van der Waals surface area contributed by atoms with Gasteiger partial charge in [-0.25, -0.2) is 4.98 Å². The molecule has 0 radical (unpaired) electrons. The third-order valence-electron chi connectivity index (χ3n) is 4.47. The van der Waals surface area contributed by atoms with Crippen molar-refractivity contribution in [2.24, 2.45) is 0 Å². The van der Waals surface area contributed by atoms with Crippen molar-refractivity contribution < 1.29 is 9.72 Å². The zero-order valence-corrected chi connectivity index (χ0v) is 15.1. The second kappa shape index (κ2) is 7.49. The van der Waals surface area contributed by atoms with Gasteiger partial charge in [0, 0.05) is 23.7 Å². The number of nitro groups is 1. The van der Waals surface area contributed by atoms with E-state index in [1.807, 2.05) is 6.92 Å². The Morgan fingerprint density at radius 1 is 1.26 bits per heavy atom. The Bertz CT molecular complexity index is 1100. The van der Waals surface area contributed by atoms with E-state index in [-0.39, 0.29) is 11.3 Å². The number of fused-ring (bicyclic) bond motifs is 1. The van der Waals surface area contributed by atoms with Crippen molar-refractivity contribution >= 4 is 22.5 Å². The van der Waals surface area contributed by atoms with Crippen molar-refractivity contribution in [3.63, 3.8) is 0 Å². The Morgan fingerprint density at radius 3 is 2.70 bits per heavy atom. The smallest absolute Gasteiger partial charge is 0.295 e. The number of aryl methyl sites for hydroxylation is 1. The largest absolute Gasteiger partial charge is 0.342 e. The van der Waals surface area contributed by atoms with E-state index in [2.05, 4.69) is 4.98 Å². The van der Waals surface area contributed by atoms with Crippen molar-refractivity contribution in [3.05, 3.63) is 68.6 Å². The molecule has 0 N–H and O–H groups in total. The first-order chi connectivity index (χ1) is 13.0. The van der Waals surface area contributed by atoms with Gasteiger partial charge in [-0.3, -0.25) is 24.3 Å². The third-order valence-corrected chi connectivity index (χ3v) is 4.47. The summed E-state index contributed by atoms with van der Waals surface area (Å²) in [6.45, 7) is 3.77. The fourth-order valence-corrected chi connectivity index (χ4v) is 3.14. The number of unbranched alkanes of at least 4 members (excludes halogenated alkanes) is 1. The summed E-state index contributed by atoms with van der Waals surface area (Å²) in [6.07, 6.45) is 3.12. The van der Waals surface area contributed by atoms with Crippen molar-refractivity contribution in [3.8, 4) is 11.1 Å². The van der Waals surface area contributed by atoms with E-state index in [0.717, 1.165) is 6.42 Å². The number of benzene rings is 1. The minimum absolute atomic E-state index is 0.154. The molecule has 27 heavy (non-hydrogen) atoms. The van der Waals surface area contributed by atoms with Gasteiger partial charge in [0.05, 0.1) is 10.5 Å². The molecule has 7 heteroatoms. The van der Waals surface area contributed by atoms with Gasteiger partial charge in [0.1, 0.15) is 5.65 Å². The lowest BCUT2D eigenvalue weighted by atomic mass is 9.98. The van der Waals surface area contributed by atoms with Crippen molar-refractivity contribution in [1.82, 2.24) is 9.55 Å². The fraction of sp³-hybridized carbons (Fsp3) is 0.250. The summed E-state index contributed by atoms with van der Waals surface area (Å²) in [5.74, 6) is -0.154. The number of hydrogen-bond donors (Lipinski definition) is 0. The maximum Gasteiger partial charge on any atom is 0.342 e. The summed E-state index contributed by atoms with van der Waals surface area (Å²) < 4.78 is 1.37. The summed E-state index contributed by atoms with van der Waals surface area (Å²) in [7, 11) is 0. The molecule has 0 unspecified atom stereocenters. The first-order valence-electron chi connectivity index (χ1n) is 8.73. The van der Waals surface area contributed by atoms with Crippen molar-refractivity contribution in [2.75, 3.05) is 0 Å². The van der Waals surface area contributed by atoms with Gasteiger partial charge in [-0.2, -0.15) is 0 Å². The highest BCUT2D eigenvalue weighted by Crippen LogP contribution is 2.34. The highest BCUT2D eigenvalue weighted by Gasteiger charge is 2.27. The molecule has 0 bridgehead atoms. The van der Waals surface area contributed by atoms with E-state index in [4.69, 9.17) is 0 Å². The van der Waals surface area contributed by atoms with Crippen LogP contribution in [0.3, 0.4) is 0 Å². The molecule has 3 rings (SSSR count). The standard InChI is InChI=1S/C20H19N3O4/c1-3-4-11-22-19-16(9-6-10-21-19)17(18(20(22)25)23(26)27)15-8-5-7-14(12-15)13(2)24/h5-10,12H,3-4,11H2,1-2H3. The molecule has 0 aliphatic rings. The predicted octanol–water partition coefficient (Wildman–Crippen LogP) is 3.97. The van der Waals surface area contributed by atoms with Crippen LogP contribution in [0.1, 0.15) is 37.0 Å². The summed E-state index contributed by atoms with van der Waals surface area (Å²) in [4.78, 5) is 40.2. The second-order valence-corrected chi connectivity index (χ2v) is 6.30. The van der Waals surface area contributed by atoms with Gasteiger partial charge < -0.3 is 0 Å². The Morgan fingerprint density at radius 2 is 2.04 bits per heavy atom. The van der Waals surface area contributed by atoms with Crippen LogP contribution in [0, 0.1) is 10.1 Å². The van der Waals surface area contributed by atoms with Gasteiger partial charge in [0.25, 0.3) is 0 Å². The SMILES string of the molecule is CCCCn1c(=O)c([N+](=O)[O-])c(-c2cccc(C(C)=O)c2)c2cccnc21. The van der Waals surface area contributed by atoms with Crippen LogP contribution >= 0.6 is 0 Å². The van der Waals surface area contributed by atoms with E-state index < -0.39 is 16.2 Å². The van der Waals surface area contributed by atoms with Crippen molar-refractivity contribution in [2.45, 2.75) is 33.2 Å². The van der Waals surface area contributed by atoms with Crippen LogP contribution in [-0.4, -0.2) is 20.3 Å². The van der Waals surface area contributed by atoms with Crippen LogP contribution in [0.25, 0.3) is 22.2 Å². The number of hydrogen-bond acceptors (Lipinski definition) is 5. The maximum absolute atomic E-state index is 13.0. The van der Waals surface area contributed by atoms with E-state index in [1.165, 1.54) is 11.5 Å². The molecule has 0 saturated heterocycles. The number of carbonyl (C=O) groups is 1. The monoisotopic (exact) mass is 365 g/mol. The van der Waals surface area contributed by atoms with Gasteiger partial charge in [-0.05, 0) is 37.1 Å². The van der Waals surface area contributed by atoms with E-state index in [1.54, 1.807) is 42.6 Å². The van der Waals surface area contributed by atoms with E-state index in [0.29, 0.717) is 35.1 Å². The average Bonchev–Trinajstić information content (AvgIpc) is 2.66. The summed E-state index contributed by atoms with van der Waals surface area (Å²) in [5.41, 5.74) is 0.310. The molecule has 0 fully saturated rings. The molecule has 0 spiro atoms. The van der Waals surface area contributed by atoms with Crippen LogP contribution in [0.5, 0.6) is 0 Å². The Hall–Kier alpha value is -3.35. The van der Waals surface area contributed by atoms with Gasteiger partial charge in [0.2, 0.25) is 0 Å². The number of nitrogens with zero attached hydrogens (tertiary/aromatic N) is 3. The lowest BCUT2D eigenvalue weighted by molar-refractivity contribution is -0.385. The van der Waals surface area contributed by atoms with Crippen LogP contribution in [-0.2, 0) is 6.54 Å². The molecule has 0 aliphatic heterocycles. The number of Topliss-reactive ketones (excluding diaryl/α,β-unsaturated/α-hetero) is 1. The van der Waals surface area contributed by atoms with E-state index in [9.17, 15) is 19.7 Å². The zero-order valence-electron chi connectivity index (χ0n) is 15.1. The Balaban J connectivity index is 2.44. The topological polar surface area (TPSA) is 95.1 Å². The fourth-order valence-electron chi connectivity index (χ4n) is 3.14. The minimum atomic E-state index is -0.678. The zero-order chi connectivity index (χ0) is 19.6. The maximum atomic E-state index is 13.0. The molecule has 0 saturated carbocycles. The molecular formula is C20H19N3O4. The molecule has 2 heterocycles. The quantitative estimate of drug-likeness (QED) is 0.374. The van der Waals surface area contributed by atoms with Gasteiger partial charge >= 0.3 is 11.2 Å². The van der Waals surface area contributed by atoms with Crippen molar-refractivity contribution in [1.29, 1.82) is 0 Å². The molecule has 138 valence electrons. The molecule has 3 aromatic rings. The third kappa shape index (κ3) is 3.36. The van der Waals surface area contributed by atoms with Crippen LogP contribution in [0.2, 0.25) is 0 Å². The van der Waals surface area contributed by atoms with Gasteiger partial charge in [-0.1, -0.05) is 31.5 Å². The molecule has 2 aromatic heterocycles. The lowest BCUT2D eigenvalue weighted by Crippen LogP contribution is -2.25. The predicted molar refractivity (Wildman–Crippen MR) is 103 cm³/mol. The number of pyridine rings is 2. The lowest BCUT2D eigenvalue weighted by Gasteiger charge is -2.13. The van der Waals surface area contributed by atoms with Gasteiger partial charge in [-0.15, -0.1) is 0 Å². The number of aromatic nitrogens is 2. The van der Waals surface area contributed by atoms with Crippen LogP contribution in [0.15, 0.2) is 47.4 Å². The molecular weight excluding hydrogens is 346 g/mol. The number of rotatable bonds is 6. The first-order valence-corrected chi connectivity index (χ1v) is 8.73. The van der Waals surface area contributed by atoms with Crippen LogP contribution < -0.4 is 5.56 Å². The minimum Gasteiger partial charge on any atom is -0.295 e. The summed E-state index contributed by atoms with van der Waals surface area (Å²) in [5, 5.41) is 12.3. The van der Waals surface area contributed by atoms with E-state index >= 15 is 0 Å². The van der Waals surface area contributed by atoms with Gasteiger partial charge in [0.15, 0.2) is 5.78 Å². The van der Waals surface area contributed by atoms with Crippen LogP contribution in [0.4, 0.5) is 5.69 Å². The first kappa shape index (κ1) is 18.4. The Kier molecular flexibility index (Phi) is 5.12. The molecule has 1 aromatic carbocycles. The summed E-state index contributed by atoms with van der Waals surface area (Å²) in [6, 6.07) is 9.93. The summed E-state index contributed by atoms with van der Waals surface area (Å²) >= 11 is 0. The molecule has 0 amide bonds. The number of ketones is 1. The second-order valence-electron chi connectivity index (χ2n) is 6.30. The highest BCUT2D eigenvalue weighted by molar-refractivity contribution is 6.00. The number of carbonyl (C=O) groups excluding carboxylic acids is 1. The average molecular weight is 365 g/mol. The normalized spacial score (nSPS) is 10.9. The Labute approximate surface area is 155 Å². The molecule has 0 aliphatic carbocycles. The molecule has 7 nitrogen and oxygen atoms in total.